The van der Waals surface area contributed by atoms with Crippen molar-refractivity contribution in [3.05, 3.63) is 29.8 Å². The van der Waals surface area contributed by atoms with Gasteiger partial charge in [-0.3, -0.25) is 4.79 Å². The van der Waals surface area contributed by atoms with Crippen LogP contribution in [0, 0.1) is 11.8 Å². The van der Waals surface area contributed by atoms with Crippen LogP contribution < -0.4 is 16.0 Å². The second-order valence-electron chi connectivity index (χ2n) is 7.38. The van der Waals surface area contributed by atoms with E-state index >= 15 is 0 Å². The number of rotatable bonds is 3. The molecule has 0 unspecified atom stereocenters. The summed E-state index contributed by atoms with van der Waals surface area (Å²) < 4.78 is 0. The maximum Gasteiger partial charge on any atom is 0.319 e. The molecule has 7 heteroatoms. The van der Waals surface area contributed by atoms with Gasteiger partial charge < -0.3 is 20.9 Å². The Hall–Kier alpha value is -1.79. The Kier molecular flexibility index (Phi) is 7.29. The van der Waals surface area contributed by atoms with Gasteiger partial charge in [-0.05, 0) is 75.9 Å². The molecule has 0 saturated carbocycles. The van der Waals surface area contributed by atoms with Crippen molar-refractivity contribution < 1.29 is 9.59 Å². The predicted molar refractivity (Wildman–Crippen MR) is 106 cm³/mol. The fourth-order valence-corrected chi connectivity index (χ4v) is 3.73. The molecule has 2 heterocycles. The molecule has 0 aromatic heterocycles. The van der Waals surface area contributed by atoms with Gasteiger partial charge in [-0.2, -0.15) is 0 Å². The van der Waals surface area contributed by atoms with Crippen LogP contribution in [-0.2, 0) is 0 Å². The number of nitrogens with zero attached hydrogens (tertiary/aromatic N) is 1. The number of carbonyl (C=O) groups excluding carboxylic acids is 2. The van der Waals surface area contributed by atoms with Crippen LogP contribution >= 0.6 is 12.4 Å². The molecule has 2 fully saturated rings. The summed E-state index contributed by atoms with van der Waals surface area (Å²) in [6, 6.07) is 6.99. The lowest BCUT2D eigenvalue weighted by molar-refractivity contribution is 0.0758. The topological polar surface area (TPSA) is 73.5 Å². The van der Waals surface area contributed by atoms with Gasteiger partial charge in [-0.25, -0.2) is 4.79 Å². The quantitative estimate of drug-likeness (QED) is 0.754. The highest BCUT2D eigenvalue weighted by Gasteiger charge is 2.31. The molecule has 1 aromatic rings. The molecule has 0 radical (unpaired) electrons. The highest BCUT2D eigenvalue weighted by molar-refractivity contribution is 5.95. The molecule has 1 aromatic carbocycles. The monoisotopic (exact) mass is 380 g/mol. The van der Waals surface area contributed by atoms with Gasteiger partial charge in [0.1, 0.15) is 0 Å². The molecule has 3 amide bonds. The van der Waals surface area contributed by atoms with Crippen molar-refractivity contribution in [2.75, 3.05) is 31.5 Å². The van der Waals surface area contributed by atoms with E-state index in [1.807, 2.05) is 18.7 Å². The van der Waals surface area contributed by atoms with E-state index in [9.17, 15) is 9.59 Å². The first kappa shape index (κ1) is 20.5. The number of amides is 3. The molecular weight excluding hydrogens is 352 g/mol. The average molecular weight is 381 g/mol. The van der Waals surface area contributed by atoms with Gasteiger partial charge in [-0.1, -0.05) is 0 Å². The molecule has 0 bridgehead atoms. The van der Waals surface area contributed by atoms with Crippen LogP contribution in [-0.4, -0.2) is 49.1 Å². The summed E-state index contributed by atoms with van der Waals surface area (Å²) in [4.78, 5) is 26.5. The first-order chi connectivity index (χ1) is 12.0. The Labute approximate surface area is 161 Å². The van der Waals surface area contributed by atoms with E-state index in [0.717, 1.165) is 39.0 Å². The largest absolute Gasteiger partial charge is 0.339 e. The summed E-state index contributed by atoms with van der Waals surface area (Å²) >= 11 is 0. The van der Waals surface area contributed by atoms with E-state index in [0.29, 0.717) is 23.1 Å². The summed E-state index contributed by atoms with van der Waals surface area (Å²) in [6.07, 6.45) is 2.16. The molecule has 3 rings (SSSR count). The van der Waals surface area contributed by atoms with E-state index in [2.05, 4.69) is 16.0 Å². The lowest BCUT2D eigenvalue weighted by Crippen LogP contribution is -2.34. The highest BCUT2D eigenvalue weighted by atomic mass is 35.5. The maximum atomic E-state index is 12.8. The third kappa shape index (κ3) is 5.11. The number of halogens is 1. The number of urea groups is 1. The zero-order valence-corrected chi connectivity index (χ0v) is 16.3. The smallest absolute Gasteiger partial charge is 0.319 e. The maximum absolute atomic E-state index is 12.8. The van der Waals surface area contributed by atoms with Gasteiger partial charge in [-0.15, -0.1) is 12.4 Å². The van der Waals surface area contributed by atoms with Gasteiger partial charge in [0.05, 0.1) is 0 Å². The van der Waals surface area contributed by atoms with Crippen molar-refractivity contribution in [1.82, 2.24) is 15.5 Å². The van der Waals surface area contributed by atoms with Crippen molar-refractivity contribution in [2.24, 2.45) is 11.8 Å². The van der Waals surface area contributed by atoms with E-state index in [-0.39, 0.29) is 30.4 Å². The van der Waals surface area contributed by atoms with Crippen molar-refractivity contribution in [3.63, 3.8) is 0 Å². The minimum Gasteiger partial charge on any atom is -0.339 e. The van der Waals surface area contributed by atoms with Crippen LogP contribution in [0.15, 0.2) is 24.3 Å². The summed E-state index contributed by atoms with van der Waals surface area (Å²) in [5.74, 6) is 1.51. The number of benzene rings is 1. The number of nitrogens with one attached hydrogen (secondary N) is 3. The van der Waals surface area contributed by atoms with Crippen LogP contribution in [0.5, 0.6) is 0 Å². The van der Waals surface area contributed by atoms with E-state index in [1.165, 1.54) is 0 Å². The molecule has 0 spiro atoms. The fraction of sp³-hybridized carbons (Fsp3) is 0.579. The summed E-state index contributed by atoms with van der Waals surface area (Å²) in [7, 11) is 0. The number of carbonyl (C=O) groups is 2. The Bertz CT molecular complexity index is 606. The SMILES string of the molecule is CC(C)NC(=O)Nc1ccc(C(=O)N2CC[C@@H]3CNC[C@@H]3CC2)cc1.Cl. The molecule has 6 nitrogen and oxygen atoms in total. The summed E-state index contributed by atoms with van der Waals surface area (Å²) in [6.45, 7) is 7.66. The molecule has 0 aliphatic carbocycles. The zero-order chi connectivity index (χ0) is 17.8. The van der Waals surface area contributed by atoms with Gasteiger partial charge in [0.15, 0.2) is 0 Å². The third-order valence-corrected chi connectivity index (χ3v) is 5.12. The number of likely N-dealkylation sites (tertiary alicyclic amines) is 1. The van der Waals surface area contributed by atoms with Crippen LogP contribution in [0.3, 0.4) is 0 Å². The molecule has 3 N–H and O–H groups in total. The summed E-state index contributed by atoms with van der Waals surface area (Å²) in [5.41, 5.74) is 1.37. The first-order valence-corrected chi connectivity index (χ1v) is 9.20. The second kappa shape index (κ2) is 9.24. The van der Waals surface area contributed by atoms with E-state index in [4.69, 9.17) is 0 Å². The molecule has 26 heavy (non-hydrogen) atoms. The first-order valence-electron chi connectivity index (χ1n) is 9.20. The molecule has 2 aliphatic heterocycles. The van der Waals surface area contributed by atoms with Gasteiger partial charge in [0.25, 0.3) is 5.91 Å². The molecule has 2 atom stereocenters. The summed E-state index contributed by atoms with van der Waals surface area (Å²) in [5, 5.41) is 9.01. The van der Waals surface area contributed by atoms with E-state index < -0.39 is 0 Å². The van der Waals surface area contributed by atoms with E-state index in [1.54, 1.807) is 24.3 Å². The van der Waals surface area contributed by atoms with Gasteiger partial charge in [0, 0.05) is 30.4 Å². The third-order valence-electron chi connectivity index (χ3n) is 5.12. The van der Waals surface area contributed by atoms with Gasteiger partial charge >= 0.3 is 6.03 Å². The molecule has 2 aliphatic rings. The minimum atomic E-state index is -0.234. The Morgan fingerprint density at radius 3 is 2.19 bits per heavy atom. The Morgan fingerprint density at radius 1 is 1.08 bits per heavy atom. The number of anilines is 1. The average Bonchev–Trinajstić information content (AvgIpc) is 2.93. The number of hydrogen-bond donors (Lipinski definition) is 3. The Balaban J connectivity index is 0.00000243. The second-order valence-corrected chi connectivity index (χ2v) is 7.38. The van der Waals surface area contributed by atoms with Crippen LogP contribution in [0.1, 0.15) is 37.0 Å². The van der Waals surface area contributed by atoms with Gasteiger partial charge in [0.2, 0.25) is 0 Å². The normalized spacial score (nSPS) is 22.2. The van der Waals surface area contributed by atoms with Crippen molar-refractivity contribution in [2.45, 2.75) is 32.7 Å². The molecular formula is C19H29ClN4O2. The standard InChI is InChI=1S/C19H28N4O2.ClH/c1-13(2)21-19(25)22-17-5-3-14(4-6-17)18(24)23-9-7-15-11-20-12-16(15)8-10-23;/h3-6,13,15-16,20H,7-12H2,1-2H3,(H2,21,22,25);1H/t15-,16+;. The zero-order valence-electron chi connectivity index (χ0n) is 15.5. The van der Waals surface area contributed by atoms with Crippen LogP contribution in [0.25, 0.3) is 0 Å². The molecule has 2 saturated heterocycles. The van der Waals surface area contributed by atoms with Crippen molar-refractivity contribution >= 4 is 30.0 Å². The number of fused-ring (bicyclic) bond motifs is 1. The highest BCUT2D eigenvalue weighted by Crippen LogP contribution is 2.27. The van der Waals surface area contributed by atoms with Crippen molar-refractivity contribution in [1.29, 1.82) is 0 Å². The predicted octanol–water partition coefficient (Wildman–Crippen LogP) is 2.71. The van der Waals surface area contributed by atoms with Crippen molar-refractivity contribution in [3.8, 4) is 0 Å². The number of hydrogen-bond acceptors (Lipinski definition) is 3. The lowest BCUT2D eigenvalue weighted by atomic mass is 9.92. The van der Waals surface area contributed by atoms with Crippen LogP contribution in [0.4, 0.5) is 10.5 Å². The lowest BCUT2D eigenvalue weighted by Gasteiger charge is -2.21. The fourth-order valence-electron chi connectivity index (χ4n) is 3.73. The minimum absolute atomic E-state index is 0. The van der Waals surface area contributed by atoms with Crippen LogP contribution in [0.2, 0.25) is 0 Å². The molecule has 144 valence electrons. The Morgan fingerprint density at radius 2 is 1.65 bits per heavy atom.